The van der Waals surface area contributed by atoms with Gasteiger partial charge in [-0.2, -0.15) is 0 Å². The zero-order valence-corrected chi connectivity index (χ0v) is 13.5. The first-order chi connectivity index (χ1) is 10.1. The maximum Gasteiger partial charge on any atom is 0.407 e. The Morgan fingerprint density at radius 1 is 1.41 bits per heavy atom. The van der Waals surface area contributed by atoms with Gasteiger partial charge >= 0.3 is 6.09 Å². The van der Waals surface area contributed by atoms with E-state index in [1.54, 1.807) is 20.8 Å². The molecular weight excluding hydrogens is 313 g/mol. The molecule has 1 rings (SSSR count). The van der Waals surface area contributed by atoms with Crippen molar-refractivity contribution in [2.24, 2.45) is 0 Å². The van der Waals surface area contributed by atoms with Crippen LogP contribution in [0, 0.1) is 5.82 Å². The SMILES string of the molecule is CC(C)(C)OC(=O)NCCC(O)C(O)c1cccc(Cl)c1F. The number of aliphatic hydroxyl groups excluding tert-OH is 2. The lowest BCUT2D eigenvalue weighted by Gasteiger charge is -2.21. The quantitative estimate of drug-likeness (QED) is 0.774. The van der Waals surface area contributed by atoms with Crippen molar-refractivity contribution < 1.29 is 24.1 Å². The average Bonchev–Trinajstić information content (AvgIpc) is 2.39. The number of hydrogen-bond acceptors (Lipinski definition) is 4. The van der Waals surface area contributed by atoms with Gasteiger partial charge in [0.15, 0.2) is 0 Å². The number of carbonyl (C=O) groups is 1. The standard InChI is InChI=1S/C15H21ClFNO4/c1-15(2,3)22-14(21)18-8-7-11(19)13(20)9-5-4-6-10(16)12(9)17/h4-6,11,13,19-20H,7-8H2,1-3H3,(H,18,21). The van der Waals surface area contributed by atoms with Crippen LogP contribution in [0.5, 0.6) is 0 Å². The Bertz CT molecular complexity index is 519. The van der Waals surface area contributed by atoms with Gasteiger partial charge in [0.1, 0.15) is 17.5 Å². The van der Waals surface area contributed by atoms with Gasteiger partial charge in [-0.1, -0.05) is 23.7 Å². The van der Waals surface area contributed by atoms with E-state index in [1.807, 2.05) is 0 Å². The predicted molar refractivity (Wildman–Crippen MR) is 81.2 cm³/mol. The van der Waals surface area contributed by atoms with Crippen molar-refractivity contribution in [1.82, 2.24) is 5.32 Å². The van der Waals surface area contributed by atoms with E-state index in [0.717, 1.165) is 0 Å². The molecule has 5 nitrogen and oxygen atoms in total. The first kappa shape index (κ1) is 18.7. The molecular formula is C15H21ClFNO4. The molecule has 0 radical (unpaired) electrons. The van der Waals surface area contributed by atoms with E-state index in [4.69, 9.17) is 16.3 Å². The summed E-state index contributed by atoms with van der Waals surface area (Å²) in [4.78, 5) is 11.4. The summed E-state index contributed by atoms with van der Waals surface area (Å²) in [5.41, 5.74) is -0.705. The van der Waals surface area contributed by atoms with Crippen LogP contribution in [0.4, 0.5) is 9.18 Å². The third kappa shape index (κ3) is 5.79. The molecule has 3 N–H and O–H groups in total. The molecule has 2 atom stereocenters. The fourth-order valence-corrected chi connectivity index (χ4v) is 1.93. The fraction of sp³-hybridized carbons (Fsp3) is 0.533. The van der Waals surface area contributed by atoms with Crippen molar-refractivity contribution in [3.63, 3.8) is 0 Å². The maximum atomic E-state index is 13.8. The zero-order chi connectivity index (χ0) is 16.9. The van der Waals surface area contributed by atoms with Crippen molar-refractivity contribution in [2.75, 3.05) is 6.54 Å². The maximum absolute atomic E-state index is 13.8. The zero-order valence-electron chi connectivity index (χ0n) is 12.8. The van der Waals surface area contributed by atoms with E-state index in [1.165, 1.54) is 18.2 Å². The van der Waals surface area contributed by atoms with Crippen LogP contribution in [0.3, 0.4) is 0 Å². The Hall–Kier alpha value is -1.37. The number of aliphatic hydroxyl groups is 2. The molecule has 7 heteroatoms. The molecule has 1 amide bonds. The Morgan fingerprint density at radius 2 is 2.05 bits per heavy atom. The highest BCUT2D eigenvalue weighted by Gasteiger charge is 2.23. The highest BCUT2D eigenvalue weighted by atomic mass is 35.5. The van der Waals surface area contributed by atoms with Gasteiger partial charge in [-0.15, -0.1) is 0 Å². The van der Waals surface area contributed by atoms with E-state index in [9.17, 15) is 19.4 Å². The molecule has 2 unspecified atom stereocenters. The minimum absolute atomic E-state index is 0.0341. The van der Waals surface area contributed by atoms with Gasteiger partial charge in [-0.25, -0.2) is 9.18 Å². The second-order valence-corrected chi connectivity index (χ2v) is 6.28. The predicted octanol–water partition coefficient (Wildman–Crippen LogP) is 2.79. The molecule has 0 bridgehead atoms. The molecule has 0 saturated carbocycles. The lowest BCUT2D eigenvalue weighted by atomic mass is 10.0. The largest absolute Gasteiger partial charge is 0.444 e. The first-order valence-electron chi connectivity index (χ1n) is 6.88. The van der Waals surface area contributed by atoms with E-state index in [-0.39, 0.29) is 23.6 Å². The summed E-state index contributed by atoms with van der Waals surface area (Å²) < 4.78 is 18.8. The third-order valence-corrected chi connectivity index (χ3v) is 3.06. The molecule has 0 aromatic heterocycles. The van der Waals surface area contributed by atoms with Crippen molar-refractivity contribution in [2.45, 2.75) is 45.0 Å². The smallest absolute Gasteiger partial charge is 0.407 e. The van der Waals surface area contributed by atoms with Gasteiger partial charge in [-0.05, 0) is 33.3 Å². The van der Waals surface area contributed by atoms with Crippen LogP contribution in [0.15, 0.2) is 18.2 Å². The van der Waals surface area contributed by atoms with Crippen LogP contribution in [-0.2, 0) is 4.74 Å². The molecule has 0 aliphatic carbocycles. The summed E-state index contributed by atoms with van der Waals surface area (Å²) >= 11 is 5.63. The minimum atomic E-state index is -1.43. The second-order valence-electron chi connectivity index (χ2n) is 5.87. The molecule has 124 valence electrons. The Balaban J connectivity index is 2.50. The minimum Gasteiger partial charge on any atom is -0.444 e. The van der Waals surface area contributed by atoms with Crippen LogP contribution < -0.4 is 5.32 Å². The fourth-order valence-electron chi connectivity index (χ4n) is 1.75. The van der Waals surface area contributed by atoms with Crippen LogP contribution in [0.2, 0.25) is 5.02 Å². The molecule has 0 aliphatic heterocycles. The summed E-state index contributed by atoms with van der Waals surface area (Å²) in [6.07, 6.45) is -3.27. The Labute approximate surface area is 134 Å². The summed E-state index contributed by atoms with van der Waals surface area (Å²) in [5.74, 6) is -0.768. The lowest BCUT2D eigenvalue weighted by Crippen LogP contribution is -2.34. The monoisotopic (exact) mass is 333 g/mol. The van der Waals surface area contributed by atoms with Crippen LogP contribution in [0.1, 0.15) is 38.9 Å². The molecule has 1 aromatic carbocycles. The topological polar surface area (TPSA) is 78.8 Å². The van der Waals surface area contributed by atoms with Gasteiger partial charge in [0.2, 0.25) is 0 Å². The van der Waals surface area contributed by atoms with E-state index < -0.39 is 29.7 Å². The normalized spacial score (nSPS) is 14.3. The lowest BCUT2D eigenvalue weighted by molar-refractivity contribution is 0.0104. The molecule has 1 aromatic rings. The number of hydrogen-bond donors (Lipinski definition) is 3. The summed E-state index contributed by atoms with van der Waals surface area (Å²) in [7, 11) is 0. The van der Waals surface area contributed by atoms with E-state index in [2.05, 4.69) is 5.32 Å². The van der Waals surface area contributed by atoms with Crippen LogP contribution in [-0.4, -0.2) is 34.6 Å². The number of ether oxygens (including phenoxy) is 1. The molecule has 0 saturated heterocycles. The molecule has 0 heterocycles. The van der Waals surface area contributed by atoms with E-state index >= 15 is 0 Å². The van der Waals surface area contributed by atoms with Crippen molar-refractivity contribution >= 4 is 17.7 Å². The number of amides is 1. The van der Waals surface area contributed by atoms with Crippen LogP contribution >= 0.6 is 11.6 Å². The molecule has 22 heavy (non-hydrogen) atoms. The molecule has 0 spiro atoms. The summed E-state index contributed by atoms with van der Waals surface area (Å²) in [6.45, 7) is 5.27. The number of benzene rings is 1. The van der Waals surface area contributed by atoms with Crippen molar-refractivity contribution in [3.8, 4) is 0 Å². The summed E-state index contributed by atoms with van der Waals surface area (Å²) in [6, 6.07) is 4.18. The van der Waals surface area contributed by atoms with E-state index in [0.29, 0.717) is 0 Å². The van der Waals surface area contributed by atoms with Gasteiger partial charge in [0, 0.05) is 12.1 Å². The van der Waals surface area contributed by atoms with Gasteiger partial charge < -0.3 is 20.3 Å². The Kier molecular flexibility index (Phi) is 6.59. The van der Waals surface area contributed by atoms with Gasteiger partial charge in [0.05, 0.1) is 11.1 Å². The van der Waals surface area contributed by atoms with Gasteiger partial charge in [-0.3, -0.25) is 0 Å². The number of carbonyl (C=O) groups excluding carboxylic acids is 1. The molecule has 0 aliphatic rings. The number of nitrogens with one attached hydrogen (secondary N) is 1. The third-order valence-electron chi connectivity index (χ3n) is 2.77. The highest BCUT2D eigenvalue weighted by molar-refractivity contribution is 6.30. The number of rotatable bonds is 5. The van der Waals surface area contributed by atoms with Crippen LogP contribution in [0.25, 0.3) is 0 Å². The Morgan fingerprint density at radius 3 is 2.64 bits per heavy atom. The van der Waals surface area contributed by atoms with Crippen molar-refractivity contribution in [3.05, 3.63) is 34.6 Å². The highest BCUT2D eigenvalue weighted by Crippen LogP contribution is 2.26. The average molecular weight is 334 g/mol. The molecule has 0 fully saturated rings. The summed E-state index contributed by atoms with van der Waals surface area (Å²) in [5, 5.41) is 22.2. The first-order valence-corrected chi connectivity index (χ1v) is 7.26. The van der Waals surface area contributed by atoms with Crippen molar-refractivity contribution in [1.29, 1.82) is 0 Å². The number of alkyl carbamates (subject to hydrolysis) is 1. The van der Waals surface area contributed by atoms with Gasteiger partial charge in [0.25, 0.3) is 0 Å². The number of halogens is 2. The second kappa shape index (κ2) is 7.76.